The Kier molecular flexibility index (Phi) is 4.16. The smallest absolute Gasteiger partial charge is 0.371 e. The van der Waals surface area contributed by atoms with Crippen LogP contribution in [-0.4, -0.2) is 26.7 Å². The van der Waals surface area contributed by atoms with Crippen molar-refractivity contribution in [2.75, 3.05) is 4.90 Å². The summed E-state index contributed by atoms with van der Waals surface area (Å²) >= 11 is 1.21. The van der Waals surface area contributed by atoms with Gasteiger partial charge in [0.1, 0.15) is 10.7 Å². The zero-order valence-corrected chi connectivity index (χ0v) is 14.2. The number of anilines is 2. The normalized spacial score (nSPS) is 10.6. The lowest BCUT2D eigenvalue weighted by molar-refractivity contribution is 0.0643. The number of rotatable bonds is 3. The Balaban J connectivity index is 1.75. The first-order valence-electron chi connectivity index (χ1n) is 7.67. The van der Waals surface area contributed by atoms with Crippen LogP contribution in [0.2, 0.25) is 0 Å². The molecule has 7 nitrogen and oxygen atoms in total. The summed E-state index contributed by atoms with van der Waals surface area (Å²) in [5, 5.41) is 5.94. The number of ether oxygens (including phenoxy) is 1. The van der Waals surface area contributed by atoms with Crippen LogP contribution in [0.5, 0.6) is 0 Å². The Morgan fingerprint density at radius 1 is 1.00 bits per heavy atom. The van der Waals surface area contributed by atoms with E-state index in [0.29, 0.717) is 22.0 Å². The first-order valence-corrected chi connectivity index (χ1v) is 8.55. The van der Waals surface area contributed by atoms with Crippen molar-refractivity contribution in [2.45, 2.75) is 0 Å². The monoisotopic (exact) mass is 364 g/mol. The number of esters is 1. The molecular formula is C18H12N4O3S. The average molecular weight is 364 g/mol. The molecule has 0 aliphatic rings. The van der Waals surface area contributed by atoms with Gasteiger partial charge in [-0.05, 0) is 23.6 Å². The van der Waals surface area contributed by atoms with Crippen molar-refractivity contribution in [3.63, 3.8) is 0 Å². The molecule has 1 aromatic carbocycles. The Labute approximate surface area is 152 Å². The van der Waals surface area contributed by atoms with E-state index in [1.165, 1.54) is 20.8 Å². The van der Waals surface area contributed by atoms with Crippen molar-refractivity contribution in [1.82, 2.24) is 14.6 Å². The quantitative estimate of drug-likeness (QED) is 0.407. The molecule has 0 aliphatic carbocycles. The van der Waals surface area contributed by atoms with Gasteiger partial charge in [0.15, 0.2) is 5.65 Å². The minimum Gasteiger partial charge on any atom is -0.371 e. The SMILES string of the molecule is O=C(OC(=O)N(c1ccccc1)c1ccnc2ccnn12)c1cccs1. The van der Waals surface area contributed by atoms with Gasteiger partial charge in [-0.1, -0.05) is 24.3 Å². The summed E-state index contributed by atoms with van der Waals surface area (Å²) in [6.45, 7) is 0. The van der Waals surface area contributed by atoms with Gasteiger partial charge >= 0.3 is 12.1 Å². The zero-order valence-electron chi connectivity index (χ0n) is 13.4. The molecule has 0 fully saturated rings. The van der Waals surface area contributed by atoms with Gasteiger partial charge in [-0.2, -0.15) is 9.61 Å². The third kappa shape index (κ3) is 2.93. The molecule has 0 unspecified atom stereocenters. The van der Waals surface area contributed by atoms with Crippen LogP contribution in [-0.2, 0) is 4.74 Å². The minimum absolute atomic E-state index is 0.352. The fourth-order valence-corrected chi connectivity index (χ4v) is 3.07. The van der Waals surface area contributed by atoms with E-state index in [9.17, 15) is 9.59 Å². The largest absolute Gasteiger partial charge is 0.428 e. The van der Waals surface area contributed by atoms with Gasteiger partial charge in [-0.25, -0.2) is 19.5 Å². The van der Waals surface area contributed by atoms with Crippen molar-refractivity contribution >= 4 is 40.6 Å². The summed E-state index contributed by atoms with van der Waals surface area (Å²) in [5.41, 5.74) is 1.11. The molecule has 4 rings (SSSR count). The summed E-state index contributed by atoms with van der Waals surface area (Å²) in [6.07, 6.45) is 2.32. The number of carbonyl (C=O) groups excluding carboxylic acids is 2. The van der Waals surface area contributed by atoms with Crippen LogP contribution in [0.3, 0.4) is 0 Å². The van der Waals surface area contributed by atoms with Gasteiger partial charge in [-0.15, -0.1) is 11.3 Å². The van der Waals surface area contributed by atoms with Gasteiger partial charge in [0, 0.05) is 18.3 Å². The topological polar surface area (TPSA) is 76.8 Å². The average Bonchev–Trinajstić information content (AvgIpc) is 3.35. The maximum Gasteiger partial charge on any atom is 0.428 e. The lowest BCUT2D eigenvalue weighted by atomic mass is 10.3. The second-order valence-corrected chi connectivity index (χ2v) is 6.16. The molecule has 26 heavy (non-hydrogen) atoms. The first-order chi connectivity index (χ1) is 12.7. The molecular weight excluding hydrogens is 352 g/mol. The Morgan fingerprint density at radius 2 is 1.85 bits per heavy atom. The van der Waals surface area contributed by atoms with Crippen molar-refractivity contribution in [3.05, 3.63) is 77.2 Å². The van der Waals surface area contributed by atoms with Crippen LogP contribution in [0.4, 0.5) is 16.3 Å². The molecule has 3 aromatic heterocycles. The zero-order chi connectivity index (χ0) is 17.9. The van der Waals surface area contributed by atoms with Crippen LogP contribution in [0.1, 0.15) is 9.67 Å². The standard InChI is InChI=1S/C18H12N4O3S/c23-17(14-7-4-12-26-14)25-18(24)21(13-5-2-1-3-6-13)16-9-10-19-15-8-11-20-22(15)16/h1-12H. The number of nitrogens with zero attached hydrogens (tertiary/aromatic N) is 4. The number of amides is 1. The lowest BCUT2D eigenvalue weighted by Gasteiger charge is -2.21. The maximum atomic E-state index is 12.8. The van der Waals surface area contributed by atoms with E-state index in [1.807, 2.05) is 6.07 Å². The number of aromatic nitrogens is 3. The number of carbonyl (C=O) groups is 2. The molecule has 4 aromatic rings. The van der Waals surface area contributed by atoms with Crippen LogP contribution in [0.15, 0.2) is 72.4 Å². The van der Waals surface area contributed by atoms with E-state index in [4.69, 9.17) is 4.74 Å². The predicted octanol–water partition coefficient (Wildman–Crippen LogP) is 3.91. The summed E-state index contributed by atoms with van der Waals surface area (Å²) in [7, 11) is 0. The molecule has 0 saturated heterocycles. The Hall–Kier alpha value is -3.52. The second-order valence-electron chi connectivity index (χ2n) is 5.21. The van der Waals surface area contributed by atoms with E-state index in [1.54, 1.807) is 66.3 Å². The number of thiophene rings is 1. The van der Waals surface area contributed by atoms with Crippen molar-refractivity contribution in [1.29, 1.82) is 0 Å². The number of fused-ring (bicyclic) bond motifs is 1. The van der Waals surface area contributed by atoms with E-state index in [0.717, 1.165) is 0 Å². The highest BCUT2D eigenvalue weighted by Gasteiger charge is 2.25. The molecule has 0 atom stereocenters. The fraction of sp³-hybridized carbons (Fsp3) is 0. The van der Waals surface area contributed by atoms with Crippen LogP contribution in [0, 0.1) is 0 Å². The van der Waals surface area contributed by atoms with Crippen LogP contribution in [0.25, 0.3) is 5.65 Å². The van der Waals surface area contributed by atoms with Gasteiger partial charge in [-0.3, -0.25) is 0 Å². The molecule has 0 spiro atoms. The first kappa shape index (κ1) is 16.0. The van der Waals surface area contributed by atoms with Gasteiger partial charge in [0.25, 0.3) is 0 Å². The van der Waals surface area contributed by atoms with E-state index in [2.05, 4.69) is 10.1 Å². The minimum atomic E-state index is -0.822. The second kappa shape index (κ2) is 6.77. The van der Waals surface area contributed by atoms with Crippen molar-refractivity contribution in [2.24, 2.45) is 0 Å². The molecule has 1 amide bonds. The number of hydrogen-bond acceptors (Lipinski definition) is 6. The van der Waals surface area contributed by atoms with Crippen molar-refractivity contribution in [3.8, 4) is 0 Å². The van der Waals surface area contributed by atoms with E-state index >= 15 is 0 Å². The lowest BCUT2D eigenvalue weighted by Crippen LogP contribution is -2.30. The van der Waals surface area contributed by atoms with Crippen molar-refractivity contribution < 1.29 is 14.3 Å². The summed E-state index contributed by atoms with van der Waals surface area (Å²) < 4.78 is 6.59. The van der Waals surface area contributed by atoms with E-state index < -0.39 is 12.1 Å². The number of hydrogen-bond donors (Lipinski definition) is 0. The van der Waals surface area contributed by atoms with Crippen LogP contribution >= 0.6 is 11.3 Å². The highest BCUT2D eigenvalue weighted by molar-refractivity contribution is 7.12. The van der Waals surface area contributed by atoms with Gasteiger partial charge in [0.2, 0.25) is 0 Å². The summed E-state index contributed by atoms with van der Waals surface area (Å²) in [6, 6.07) is 15.6. The Bertz CT molecular complexity index is 1060. The molecule has 3 heterocycles. The molecule has 0 N–H and O–H groups in total. The third-order valence-electron chi connectivity index (χ3n) is 3.60. The molecule has 0 radical (unpaired) electrons. The molecule has 0 aliphatic heterocycles. The van der Waals surface area contributed by atoms with Gasteiger partial charge in [0.05, 0.1) is 11.9 Å². The van der Waals surface area contributed by atoms with Gasteiger partial charge < -0.3 is 4.74 Å². The predicted molar refractivity (Wildman–Crippen MR) is 96.7 cm³/mol. The fourth-order valence-electron chi connectivity index (χ4n) is 2.47. The maximum absolute atomic E-state index is 12.8. The summed E-state index contributed by atoms with van der Waals surface area (Å²) in [5.74, 6) is -0.285. The van der Waals surface area contributed by atoms with Crippen LogP contribution < -0.4 is 4.90 Å². The highest BCUT2D eigenvalue weighted by atomic mass is 32.1. The number of para-hydroxylation sites is 1. The molecule has 128 valence electrons. The molecule has 0 saturated carbocycles. The Morgan fingerprint density at radius 3 is 2.62 bits per heavy atom. The summed E-state index contributed by atoms with van der Waals surface area (Å²) in [4.78, 5) is 30.9. The third-order valence-corrected chi connectivity index (χ3v) is 4.45. The van der Waals surface area contributed by atoms with E-state index in [-0.39, 0.29) is 0 Å². The number of benzene rings is 1. The molecule has 8 heteroatoms. The molecule has 0 bridgehead atoms. The highest BCUT2D eigenvalue weighted by Crippen LogP contribution is 2.26.